The van der Waals surface area contributed by atoms with Gasteiger partial charge in [0.1, 0.15) is 0 Å². The van der Waals surface area contributed by atoms with Crippen molar-refractivity contribution in [2.45, 2.75) is 44.9 Å². The molecule has 74 valence electrons. The second-order valence-corrected chi connectivity index (χ2v) is 6.34. The van der Waals surface area contributed by atoms with Crippen LogP contribution in [0.3, 0.4) is 0 Å². The Morgan fingerprint density at radius 2 is 1.38 bits per heavy atom. The van der Waals surface area contributed by atoms with Crippen molar-refractivity contribution in [3.05, 3.63) is 0 Å². The SMILES string of the molecule is SCCC12CC3CC(CC(C3)C1)C2. The van der Waals surface area contributed by atoms with Gasteiger partial charge in [0, 0.05) is 0 Å². The van der Waals surface area contributed by atoms with E-state index in [-0.39, 0.29) is 0 Å². The van der Waals surface area contributed by atoms with Crippen LogP contribution in [0, 0.1) is 23.2 Å². The van der Waals surface area contributed by atoms with Crippen LogP contribution in [0.1, 0.15) is 44.9 Å². The third kappa shape index (κ3) is 1.35. The molecule has 4 aliphatic rings. The third-order valence-electron chi connectivity index (χ3n) is 4.81. The molecule has 0 aliphatic heterocycles. The zero-order valence-corrected chi connectivity index (χ0v) is 9.23. The quantitative estimate of drug-likeness (QED) is 0.642. The van der Waals surface area contributed by atoms with Gasteiger partial charge in [0.05, 0.1) is 0 Å². The molecule has 0 nitrogen and oxygen atoms in total. The molecule has 4 aliphatic carbocycles. The molecule has 0 N–H and O–H groups in total. The highest BCUT2D eigenvalue weighted by atomic mass is 32.1. The molecule has 0 aromatic carbocycles. The van der Waals surface area contributed by atoms with E-state index in [2.05, 4.69) is 12.6 Å². The zero-order valence-electron chi connectivity index (χ0n) is 8.34. The molecule has 0 atom stereocenters. The molecule has 0 aromatic rings. The summed E-state index contributed by atoms with van der Waals surface area (Å²) in [6.07, 6.45) is 10.8. The summed E-state index contributed by atoms with van der Waals surface area (Å²) in [5.74, 6) is 4.47. The van der Waals surface area contributed by atoms with Crippen LogP contribution in [0.5, 0.6) is 0 Å². The summed E-state index contributed by atoms with van der Waals surface area (Å²) in [6, 6.07) is 0. The molecular weight excluding hydrogens is 176 g/mol. The molecule has 0 aromatic heterocycles. The molecule has 0 radical (unpaired) electrons. The summed E-state index contributed by atoms with van der Waals surface area (Å²) in [7, 11) is 0. The highest BCUT2D eigenvalue weighted by Gasteiger charge is 2.50. The van der Waals surface area contributed by atoms with Crippen LogP contribution in [0.15, 0.2) is 0 Å². The number of thiol groups is 1. The van der Waals surface area contributed by atoms with E-state index in [0.717, 1.165) is 28.9 Å². The lowest BCUT2D eigenvalue weighted by Gasteiger charge is -2.57. The molecule has 0 heterocycles. The predicted octanol–water partition coefficient (Wildman–Crippen LogP) is 3.52. The monoisotopic (exact) mass is 196 g/mol. The van der Waals surface area contributed by atoms with Gasteiger partial charge in [-0.3, -0.25) is 0 Å². The number of rotatable bonds is 2. The Morgan fingerprint density at radius 1 is 0.923 bits per heavy atom. The highest BCUT2D eigenvalue weighted by Crippen LogP contribution is 2.61. The van der Waals surface area contributed by atoms with Gasteiger partial charge in [-0.2, -0.15) is 12.6 Å². The van der Waals surface area contributed by atoms with E-state index in [4.69, 9.17) is 0 Å². The Balaban J connectivity index is 1.83. The molecule has 13 heavy (non-hydrogen) atoms. The lowest BCUT2D eigenvalue weighted by molar-refractivity contribution is -0.0538. The maximum atomic E-state index is 4.44. The molecule has 4 fully saturated rings. The van der Waals surface area contributed by atoms with E-state index in [1.54, 1.807) is 38.5 Å². The van der Waals surface area contributed by atoms with Crippen LogP contribution in [0.4, 0.5) is 0 Å². The fraction of sp³-hybridized carbons (Fsp3) is 1.00. The average Bonchev–Trinajstić information content (AvgIpc) is 2.00. The lowest BCUT2D eigenvalue weighted by Crippen LogP contribution is -2.46. The Morgan fingerprint density at radius 3 is 1.77 bits per heavy atom. The van der Waals surface area contributed by atoms with Crippen molar-refractivity contribution >= 4 is 12.6 Å². The Hall–Kier alpha value is 0.350. The van der Waals surface area contributed by atoms with Crippen molar-refractivity contribution in [2.75, 3.05) is 5.75 Å². The molecule has 1 heteroatoms. The standard InChI is InChI=1S/C12H20S/c13-2-1-12-6-9-3-10(7-12)5-11(4-9)8-12/h9-11,13H,1-8H2. The van der Waals surface area contributed by atoms with Crippen LogP contribution in [-0.2, 0) is 0 Å². The minimum atomic E-state index is 0.774. The fourth-order valence-electron chi connectivity index (χ4n) is 4.83. The summed E-state index contributed by atoms with van der Waals surface area (Å²) in [6.45, 7) is 0. The van der Waals surface area contributed by atoms with Crippen molar-refractivity contribution < 1.29 is 0 Å². The van der Waals surface area contributed by atoms with Gasteiger partial charge in [-0.25, -0.2) is 0 Å². The second kappa shape index (κ2) is 2.92. The Kier molecular flexibility index (Phi) is 1.94. The third-order valence-corrected chi connectivity index (χ3v) is 5.03. The fourth-order valence-corrected chi connectivity index (χ4v) is 5.31. The first-order chi connectivity index (χ1) is 6.30. The van der Waals surface area contributed by atoms with Gasteiger partial charge in [0.15, 0.2) is 0 Å². The lowest BCUT2D eigenvalue weighted by atomic mass is 9.49. The van der Waals surface area contributed by atoms with Gasteiger partial charge < -0.3 is 0 Å². The second-order valence-electron chi connectivity index (χ2n) is 5.89. The van der Waals surface area contributed by atoms with E-state index in [9.17, 15) is 0 Å². The first-order valence-electron chi connectivity index (χ1n) is 5.90. The van der Waals surface area contributed by atoms with Crippen molar-refractivity contribution in [1.29, 1.82) is 0 Å². The first kappa shape index (κ1) is 8.64. The van der Waals surface area contributed by atoms with Crippen molar-refractivity contribution in [3.8, 4) is 0 Å². The van der Waals surface area contributed by atoms with E-state index in [0.29, 0.717) is 0 Å². The molecule has 0 unspecified atom stereocenters. The van der Waals surface area contributed by atoms with Gasteiger partial charge in [-0.15, -0.1) is 0 Å². The van der Waals surface area contributed by atoms with E-state index in [1.165, 1.54) is 6.42 Å². The molecule has 0 saturated heterocycles. The van der Waals surface area contributed by atoms with Crippen LogP contribution in [0.2, 0.25) is 0 Å². The first-order valence-corrected chi connectivity index (χ1v) is 6.54. The van der Waals surface area contributed by atoms with E-state index >= 15 is 0 Å². The topological polar surface area (TPSA) is 0 Å². The van der Waals surface area contributed by atoms with Gasteiger partial charge in [0.25, 0.3) is 0 Å². The normalized spacial score (nSPS) is 52.8. The predicted molar refractivity (Wildman–Crippen MR) is 59.1 cm³/mol. The summed E-state index contributed by atoms with van der Waals surface area (Å²) in [4.78, 5) is 0. The molecule has 0 amide bonds. The van der Waals surface area contributed by atoms with Crippen molar-refractivity contribution in [1.82, 2.24) is 0 Å². The van der Waals surface area contributed by atoms with Crippen LogP contribution >= 0.6 is 12.6 Å². The highest BCUT2D eigenvalue weighted by molar-refractivity contribution is 7.80. The molecule has 0 spiro atoms. The minimum absolute atomic E-state index is 0.774. The summed E-state index contributed by atoms with van der Waals surface area (Å²) in [5, 5.41) is 0. The Bertz CT molecular complexity index is 174. The van der Waals surface area contributed by atoms with Crippen molar-refractivity contribution in [2.24, 2.45) is 23.2 Å². The Labute approximate surface area is 86.9 Å². The van der Waals surface area contributed by atoms with Gasteiger partial charge in [-0.05, 0) is 73.9 Å². The minimum Gasteiger partial charge on any atom is -0.179 e. The maximum Gasteiger partial charge on any atom is -0.00926 e. The van der Waals surface area contributed by atoms with Gasteiger partial charge in [0.2, 0.25) is 0 Å². The summed E-state index contributed by atoms with van der Waals surface area (Å²) in [5.41, 5.74) is 0.774. The smallest absolute Gasteiger partial charge is 0.00926 e. The van der Waals surface area contributed by atoms with Gasteiger partial charge >= 0.3 is 0 Å². The molecule has 4 saturated carbocycles. The van der Waals surface area contributed by atoms with Crippen LogP contribution in [0.25, 0.3) is 0 Å². The number of hydrogen-bond donors (Lipinski definition) is 1. The molecule has 4 rings (SSSR count). The van der Waals surface area contributed by atoms with E-state index in [1.807, 2.05) is 0 Å². The maximum absolute atomic E-state index is 4.44. The summed E-state index contributed by atoms with van der Waals surface area (Å²) < 4.78 is 0. The molecule has 4 bridgehead atoms. The zero-order chi connectivity index (χ0) is 8.89. The van der Waals surface area contributed by atoms with Gasteiger partial charge in [-0.1, -0.05) is 0 Å². The summed E-state index contributed by atoms with van der Waals surface area (Å²) >= 11 is 4.44. The van der Waals surface area contributed by atoms with Crippen LogP contribution < -0.4 is 0 Å². The average molecular weight is 196 g/mol. The van der Waals surface area contributed by atoms with E-state index < -0.39 is 0 Å². The van der Waals surface area contributed by atoms with Crippen molar-refractivity contribution in [3.63, 3.8) is 0 Å². The largest absolute Gasteiger partial charge is 0.179 e. The van der Waals surface area contributed by atoms with Crippen LogP contribution in [-0.4, -0.2) is 5.75 Å². The number of hydrogen-bond acceptors (Lipinski definition) is 1. The molecular formula is C12H20S.